The monoisotopic (exact) mass is 553 g/mol. The summed E-state index contributed by atoms with van der Waals surface area (Å²) in [6.07, 6.45) is 14.1. The topological polar surface area (TPSA) is 30.0 Å². The lowest BCUT2D eigenvalue weighted by Crippen LogP contribution is -2.27. The van der Waals surface area contributed by atoms with Crippen molar-refractivity contribution in [2.24, 2.45) is 5.41 Å². The molecule has 41 heavy (non-hydrogen) atoms. The quantitative estimate of drug-likeness (QED) is 0.208. The van der Waals surface area contributed by atoms with Crippen molar-refractivity contribution in [2.45, 2.75) is 46.0 Å². The molecule has 0 atom stereocenters. The number of allylic oxidation sites excluding steroid dienone is 4. The van der Waals surface area contributed by atoms with Crippen LogP contribution in [0.1, 0.15) is 72.6 Å². The lowest BCUT2D eigenvalue weighted by Gasteiger charge is -2.40. The molecule has 0 radical (unpaired) electrons. The average Bonchev–Trinajstić information content (AvgIpc) is 3.48. The molecule has 0 fully saturated rings. The molecule has 204 valence electrons. The summed E-state index contributed by atoms with van der Waals surface area (Å²) in [4.78, 5) is 14.8. The van der Waals surface area contributed by atoms with Crippen molar-refractivity contribution in [3.63, 3.8) is 0 Å². The van der Waals surface area contributed by atoms with Gasteiger partial charge in [0.1, 0.15) is 11.3 Å². The van der Waals surface area contributed by atoms with Gasteiger partial charge in [0.25, 0.3) is 0 Å². The van der Waals surface area contributed by atoms with Crippen LogP contribution < -0.4 is 0 Å². The van der Waals surface area contributed by atoms with Gasteiger partial charge >= 0.3 is 0 Å². The highest BCUT2D eigenvalue weighted by atomic mass is 32.1. The van der Waals surface area contributed by atoms with E-state index in [9.17, 15) is 4.79 Å². The van der Waals surface area contributed by atoms with E-state index in [2.05, 4.69) is 87.3 Å². The molecule has 3 heteroatoms. The van der Waals surface area contributed by atoms with Gasteiger partial charge in [-0.2, -0.15) is 0 Å². The van der Waals surface area contributed by atoms with Gasteiger partial charge in [0, 0.05) is 17.1 Å². The minimum Gasteiger partial charge on any atom is -0.298 e. The van der Waals surface area contributed by atoms with E-state index in [1.54, 1.807) is 16.9 Å². The van der Waals surface area contributed by atoms with Crippen molar-refractivity contribution in [3.8, 4) is 0 Å². The van der Waals surface area contributed by atoms with Crippen LogP contribution in [-0.2, 0) is 5.41 Å². The van der Waals surface area contributed by atoms with E-state index < -0.39 is 0 Å². The van der Waals surface area contributed by atoms with Crippen LogP contribution in [0.4, 0.5) is 0 Å². The molecule has 0 saturated heterocycles. The maximum atomic E-state index is 10.5. The Bertz CT molecular complexity index is 1850. The van der Waals surface area contributed by atoms with E-state index in [-0.39, 0.29) is 10.8 Å². The zero-order chi connectivity index (χ0) is 28.6. The third-order valence-corrected chi connectivity index (χ3v) is 8.94. The van der Waals surface area contributed by atoms with Crippen molar-refractivity contribution >= 4 is 56.9 Å². The van der Waals surface area contributed by atoms with Crippen molar-refractivity contribution in [3.05, 3.63) is 129 Å². The zero-order valence-electron chi connectivity index (χ0n) is 24.1. The number of carbonyl (C=O) groups is 1. The second kappa shape index (κ2) is 10.7. The molecular weight excluding hydrogens is 518 g/mol. The van der Waals surface area contributed by atoms with Gasteiger partial charge in [-0.05, 0) is 85.7 Å². The SMILES string of the molecule is CC1(C)C=CC2=C(C1)CC(C)(C)c1c2ccc2ccc(/C=C/c3nccs3)cc12.O=Cc1ccc2ccccc2c1. The number of rotatable bonds is 3. The van der Waals surface area contributed by atoms with Gasteiger partial charge in [0.05, 0.1) is 0 Å². The molecule has 0 spiro atoms. The van der Waals surface area contributed by atoms with Crippen LogP contribution in [-0.4, -0.2) is 11.3 Å². The minimum absolute atomic E-state index is 0.132. The second-order valence-corrected chi connectivity index (χ2v) is 13.4. The van der Waals surface area contributed by atoms with E-state index in [0.29, 0.717) is 0 Å². The summed E-state index contributed by atoms with van der Waals surface area (Å²) in [5.74, 6) is 0. The van der Waals surface area contributed by atoms with Crippen molar-refractivity contribution in [1.29, 1.82) is 0 Å². The third kappa shape index (κ3) is 5.60. The first-order valence-electron chi connectivity index (χ1n) is 14.2. The van der Waals surface area contributed by atoms with Gasteiger partial charge in [-0.1, -0.05) is 112 Å². The first kappa shape index (κ1) is 27.1. The summed E-state index contributed by atoms with van der Waals surface area (Å²) in [6.45, 7) is 9.52. The summed E-state index contributed by atoms with van der Waals surface area (Å²) >= 11 is 1.67. The molecule has 1 aromatic heterocycles. The number of aldehydes is 1. The van der Waals surface area contributed by atoms with Crippen molar-refractivity contribution < 1.29 is 4.79 Å². The fourth-order valence-corrected chi connectivity index (χ4v) is 6.88. The van der Waals surface area contributed by atoms with E-state index in [1.807, 2.05) is 54.0 Å². The van der Waals surface area contributed by atoms with E-state index >= 15 is 0 Å². The van der Waals surface area contributed by atoms with Crippen LogP contribution in [0.3, 0.4) is 0 Å². The number of fused-ring (bicyclic) bond motifs is 5. The van der Waals surface area contributed by atoms with Gasteiger partial charge in [0.2, 0.25) is 0 Å². The second-order valence-electron chi connectivity index (χ2n) is 12.5. The summed E-state index contributed by atoms with van der Waals surface area (Å²) in [5, 5.41) is 8.06. The minimum atomic E-state index is 0.132. The van der Waals surface area contributed by atoms with Crippen LogP contribution in [0.15, 0.2) is 102 Å². The van der Waals surface area contributed by atoms with E-state index in [4.69, 9.17) is 0 Å². The Morgan fingerprint density at radius 1 is 0.805 bits per heavy atom. The lowest BCUT2D eigenvalue weighted by molar-refractivity contribution is 0.112. The predicted octanol–water partition coefficient (Wildman–Crippen LogP) is 10.5. The molecule has 0 saturated carbocycles. The first-order chi connectivity index (χ1) is 19.7. The first-order valence-corrected chi connectivity index (χ1v) is 15.1. The Morgan fingerprint density at radius 2 is 1.56 bits per heavy atom. The summed E-state index contributed by atoms with van der Waals surface area (Å²) in [5.41, 5.74) is 8.37. The Morgan fingerprint density at radius 3 is 2.34 bits per heavy atom. The summed E-state index contributed by atoms with van der Waals surface area (Å²) in [7, 11) is 0. The molecular formula is C38H35NOS. The number of nitrogens with zero attached hydrogens (tertiary/aromatic N) is 1. The molecule has 2 aliphatic carbocycles. The van der Waals surface area contributed by atoms with Crippen LogP contribution >= 0.6 is 11.3 Å². The fourth-order valence-electron chi connectivity index (χ4n) is 6.35. The number of hydrogen-bond acceptors (Lipinski definition) is 3. The highest BCUT2D eigenvalue weighted by Crippen LogP contribution is 2.51. The maximum Gasteiger partial charge on any atom is 0.150 e. The Kier molecular flexibility index (Phi) is 7.09. The highest BCUT2D eigenvalue weighted by Gasteiger charge is 2.36. The van der Waals surface area contributed by atoms with Crippen LogP contribution in [0.5, 0.6) is 0 Å². The van der Waals surface area contributed by atoms with Crippen LogP contribution in [0.25, 0.3) is 39.3 Å². The van der Waals surface area contributed by atoms with Crippen molar-refractivity contribution in [1.82, 2.24) is 4.98 Å². The maximum absolute atomic E-state index is 10.5. The third-order valence-electron chi connectivity index (χ3n) is 8.20. The molecule has 2 aliphatic rings. The van der Waals surface area contributed by atoms with Crippen LogP contribution in [0.2, 0.25) is 0 Å². The predicted molar refractivity (Wildman–Crippen MR) is 176 cm³/mol. The number of thiazole rings is 1. The normalized spacial score (nSPS) is 16.8. The Balaban J connectivity index is 0.000000210. The standard InChI is InChI=1S/C27H27NS.C11H8O/c1-26(2)12-11-21-20(16-26)17-27(3,4)25-22(21)9-8-19-7-5-18(15-23(19)25)6-10-24-28-13-14-29-24;12-8-9-5-6-10-3-1-2-4-11(10)7-9/h5-15H,16-17H2,1-4H3;1-8H/b10-6+;. The molecule has 0 bridgehead atoms. The largest absolute Gasteiger partial charge is 0.298 e. The Hall–Kier alpha value is -4.08. The number of benzene rings is 4. The van der Waals surface area contributed by atoms with E-state index in [0.717, 1.165) is 35.1 Å². The summed E-state index contributed by atoms with van der Waals surface area (Å²) in [6, 6.07) is 25.1. The van der Waals surface area contributed by atoms with E-state index in [1.165, 1.54) is 38.4 Å². The Labute approximate surface area is 246 Å². The smallest absolute Gasteiger partial charge is 0.150 e. The van der Waals surface area contributed by atoms with Gasteiger partial charge in [-0.3, -0.25) is 4.79 Å². The molecule has 0 N–H and O–H groups in total. The van der Waals surface area contributed by atoms with Crippen molar-refractivity contribution in [2.75, 3.05) is 0 Å². The molecule has 1 heterocycles. The molecule has 0 unspecified atom stereocenters. The molecule has 7 rings (SSSR count). The van der Waals surface area contributed by atoms with Gasteiger partial charge < -0.3 is 0 Å². The van der Waals surface area contributed by atoms with Gasteiger partial charge in [0.15, 0.2) is 0 Å². The number of aromatic nitrogens is 1. The number of hydrogen-bond donors (Lipinski definition) is 0. The molecule has 5 aromatic rings. The average molecular weight is 554 g/mol. The molecule has 0 aliphatic heterocycles. The molecule has 4 aromatic carbocycles. The molecule has 0 amide bonds. The lowest BCUT2D eigenvalue weighted by atomic mass is 9.64. The van der Waals surface area contributed by atoms with Crippen LogP contribution in [0, 0.1) is 5.41 Å². The van der Waals surface area contributed by atoms with Gasteiger partial charge in [-0.25, -0.2) is 4.98 Å². The zero-order valence-corrected chi connectivity index (χ0v) is 25.0. The fraction of sp³-hybridized carbons (Fsp3) is 0.211. The number of carbonyl (C=O) groups excluding carboxylic acids is 1. The molecule has 2 nitrogen and oxygen atoms in total. The highest BCUT2D eigenvalue weighted by molar-refractivity contribution is 7.10. The van der Waals surface area contributed by atoms with Gasteiger partial charge in [-0.15, -0.1) is 11.3 Å². The summed E-state index contributed by atoms with van der Waals surface area (Å²) < 4.78 is 0.